The third-order valence-electron chi connectivity index (χ3n) is 3.63. The number of nitrogens with zero attached hydrogens (tertiary/aromatic N) is 2. The van der Waals surface area contributed by atoms with Gasteiger partial charge >= 0.3 is 0 Å². The van der Waals surface area contributed by atoms with Gasteiger partial charge in [0.05, 0.1) is 10.6 Å². The molecule has 4 heteroatoms. The van der Waals surface area contributed by atoms with Crippen LogP contribution in [0.25, 0.3) is 10.6 Å². The molecule has 1 fully saturated rings. The summed E-state index contributed by atoms with van der Waals surface area (Å²) in [6.07, 6.45) is 3.96. The van der Waals surface area contributed by atoms with Crippen LogP contribution in [0.2, 0.25) is 0 Å². The predicted octanol–water partition coefficient (Wildman–Crippen LogP) is 3.78. The van der Waals surface area contributed by atoms with Gasteiger partial charge in [0.15, 0.2) is 5.76 Å². The Balaban J connectivity index is 1.70. The lowest BCUT2D eigenvalue weighted by Gasteiger charge is -2.32. The van der Waals surface area contributed by atoms with E-state index in [0.717, 1.165) is 22.9 Å². The highest BCUT2D eigenvalue weighted by Gasteiger charge is 2.19. The second-order valence-corrected chi connectivity index (χ2v) is 5.92. The first-order valence-electron chi connectivity index (χ1n) is 6.56. The van der Waals surface area contributed by atoms with Crippen LogP contribution in [0.1, 0.15) is 31.9 Å². The first-order chi connectivity index (χ1) is 8.83. The smallest absolute Gasteiger partial charge is 0.177 e. The summed E-state index contributed by atoms with van der Waals surface area (Å²) in [5, 5.41) is 6.25. The Hall–Kier alpha value is -1.13. The van der Waals surface area contributed by atoms with Crippen LogP contribution >= 0.6 is 11.3 Å². The van der Waals surface area contributed by atoms with Crippen LogP contribution in [0, 0.1) is 0 Å². The van der Waals surface area contributed by atoms with Gasteiger partial charge in [-0.1, -0.05) is 17.6 Å². The predicted molar refractivity (Wildman–Crippen MR) is 73.5 cm³/mol. The van der Waals surface area contributed by atoms with Gasteiger partial charge in [0, 0.05) is 18.7 Å². The lowest BCUT2D eigenvalue weighted by Crippen LogP contribution is -2.36. The number of likely N-dealkylation sites (tertiary alicyclic amines) is 1. The summed E-state index contributed by atoms with van der Waals surface area (Å²) in [5.41, 5.74) is 1.05. The maximum atomic E-state index is 5.42. The van der Waals surface area contributed by atoms with E-state index in [0.29, 0.717) is 6.04 Å². The summed E-state index contributed by atoms with van der Waals surface area (Å²) in [6, 6.07) is 6.85. The molecule has 1 saturated heterocycles. The zero-order valence-corrected chi connectivity index (χ0v) is 11.4. The Morgan fingerprint density at radius 3 is 3.22 bits per heavy atom. The Morgan fingerprint density at radius 1 is 1.50 bits per heavy atom. The van der Waals surface area contributed by atoms with Crippen molar-refractivity contribution in [2.45, 2.75) is 38.8 Å². The van der Waals surface area contributed by atoms with Crippen molar-refractivity contribution in [2.75, 3.05) is 6.54 Å². The van der Waals surface area contributed by atoms with Gasteiger partial charge in [0.25, 0.3) is 0 Å². The summed E-state index contributed by atoms with van der Waals surface area (Å²) in [6.45, 7) is 4.40. The molecule has 1 aliphatic rings. The maximum absolute atomic E-state index is 5.42. The first kappa shape index (κ1) is 11.9. The van der Waals surface area contributed by atoms with Gasteiger partial charge in [-0.05, 0) is 37.8 Å². The minimum atomic E-state index is 0.667. The maximum Gasteiger partial charge on any atom is 0.177 e. The number of rotatable bonds is 3. The molecule has 0 aliphatic carbocycles. The number of thiophene rings is 1. The van der Waals surface area contributed by atoms with Crippen molar-refractivity contribution in [1.29, 1.82) is 0 Å². The molecule has 0 spiro atoms. The molecule has 3 nitrogen and oxygen atoms in total. The van der Waals surface area contributed by atoms with Crippen molar-refractivity contribution in [2.24, 2.45) is 0 Å². The molecule has 0 bridgehead atoms. The molecular formula is C14H18N2OS. The molecule has 96 valence electrons. The minimum absolute atomic E-state index is 0.667. The standard InChI is InChI=1S/C14H18N2OS/c1-11-5-2-3-7-16(11)10-12-9-13(17-15-12)14-6-4-8-18-14/h4,6,8-9,11H,2-3,5,7,10H2,1H3. The monoisotopic (exact) mass is 262 g/mol. The topological polar surface area (TPSA) is 29.3 Å². The Kier molecular flexibility index (Phi) is 3.48. The molecule has 0 N–H and O–H groups in total. The summed E-state index contributed by atoms with van der Waals surface area (Å²) < 4.78 is 5.42. The Morgan fingerprint density at radius 2 is 2.44 bits per heavy atom. The molecular weight excluding hydrogens is 244 g/mol. The van der Waals surface area contributed by atoms with Crippen LogP contribution in [-0.2, 0) is 6.54 Å². The van der Waals surface area contributed by atoms with Crippen LogP contribution < -0.4 is 0 Å². The van der Waals surface area contributed by atoms with Crippen molar-refractivity contribution in [3.8, 4) is 10.6 Å². The van der Waals surface area contributed by atoms with Crippen LogP contribution in [0.5, 0.6) is 0 Å². The van der Waals surface area contributed by atoms with Crippen molar-refractivity contribution in [1.82, 2.24) is 10.1 Å². The molecule has 1 atom stereocenters. The van der Waals surface area contributed by atoms with Gasteiger partial charge < -0.3 is 4.52 Å². The van der Waals surface area contributed by atoms with Gasteiger partial charge in [0.2, 0.25) is 0 Å². The quantitative estimate of drug-likeness (QED) is 0.843. The summed E-state index contributed by atoms with van der Waals surface area (Å²) >= 11 is 1.69. The van der Waals surface area contributed by atoms with Gasteiger partial charge in [0.1, 0.15) is 0 Å². The van der Waals surface area contributed by atoms with Gasteiger partial charge in [-0.2, -0.15) is 0 Å². The van der Waals surface area contributed by atoms with E-state index in [1.807, 2.05) is 6.07 Å². The fourth-order valence-electron chi connectivity index (χ4n) is 2.52. The molecule has 0 radical (unpaired) electrons. The molecule has 18 heavy (non-hydrogen) atoms. The Labute approximate surface area is 111 Å². The first-order valence-corrected chi connectivity index (χ1v) is 7.44. The van der Waals surface area contributed by atoms with Crippen LogP contribution in [0.3, 0.4) is 0 Å². The van der Waals surface area contributed by atoms with E-state index in [4.69, 9.17) is 4.52 Å². The second-order valence-electron chi connectivity index (χ2n) is 4.98. The third kappa shape index (κ3) is 2.49. The summed E-state index contributed by atoms with van der Waals surface area (Å²) in [5.74, 6) is 0.893. The molecule has 2 aromatic heterocycles. The number of piperidine rings is 1. The zero-order valence-electron chi connectivity index (χ0n) is 10.6. The van der Waals surface area contributed by atoms with Crippen molar-refractivity contribution in [3.63, 3.8) is 0 Å². The molecule has 3 heterocycles. The molecule has 1 unspecified atom stereocenters. The van der Waals surface area contributed by atoms with Gasteiger partial charge in [-0.25, -0.2) is 0 Å². The van der Waals surface area contributed by atoms with E-state index in [9.17, 15) is 0 Å². The molecule has 0 aromatic carbocycles. The van der Waals surface area contributed by atoms with E-state index >= 15 is 0 Å². The lowest BCUT2D eigenvalue weighted by molar-refractivity contribution is 0.149. The normalized spacial score (nSPS) is 21.3. The highest BCUT2D eigenvalue weighted by molar-refractivity contribution is 7.13. The second kappa shape index (κ2) is 5.24. The van der Waals surface area contributed by atoms with Crippen molar-refractivity contribution in [3.05, 3.63) is 29.3 Å². The zero-order chi connectivity index (χ0) is 12.4. The van der Waals surface area contributed by atoms with Crippen LogP contribution in [0.4, 0.5) is 0 Å². The largest absolute Gasteiger partial charge is 0.355 e. The molecule has 3 rings (SSSR count). The highest BCUT2D eigenvalue weighted by Crippen LogP contribution is 2.26. The van der Waals surface area contributed by atoms with Gasteiger partial charge in [-0.3, -0.25) is 4.90 Å². The minimum Gasteiger partial charge on any atom is -0.355 e. The van der Waals surface area contributed by atoms with E-state index in [1.54, 1.807) is 11.3 Å². The number of aromatic nitrogens is 1. The number of hydrogen-bond acceptors (Lipinski definition) is 4. The SMILES string of the molecule is CC1CCCCN1Cc1cc(-c2cccs2)on1. The van der Waals surface area contributed by atoms with Gasteiger partial charge in [-0.15, -0.1) is 11.3 Å². The average Bonchev–Trinajstić information content (AvgIpc) is 3.02. The summed E-state index contributed by atoms with van der Waals surface area (Å²) in [7, 11) is 0. The average molecular weight is 262 g/mol. The van der Waals surface area contributed by atoms with E-state index in [-0.39, 0.29) is 0 Å². The molecule has 2 aromatic rings. The van der Waals surface area contributed by atoms with Crippen LogP contribution in [0.15, 0.2) is 28.1 Å². The third-order valence-corrected chi connectivity index (χ3v) is 4.51. The van der Waals surface area contributed by atoms with E-state index < -0.39 is 0 Å². The van der Waals surface area contributed by atoms with E-state index in [1.165, 1.54) is 25.8 Å². The van der Waals surface area contributed by atoms with E-state index in [2.05, 4.69) is 34.5 Å². The highest BCUT2D eigenvalue weighted by atomic mass is 32.1. The number of hydrogen-bond donors (Lipinski definition) is 0. The molecule has 0 amide bonds. The fourth-order valence-corrected chi connectivity index (χ4v) is 3.20. The lowest BCUT2D eigenvalue weighted by atomic mass is 10.0. The fraction of sp³-hybridized carbons (Fsp3) is 0.500. The van der Waals surface area contributed by atoms with Crippen LogP contribution in [-0.4, -0.2) is 22.6 Å². The molecule has 0 saturated carbocycles. The summed E-state index contributed by atoms with van der Waals surface area (Å²) in [4.78, 5) is 3.65. The molecule has 1 aliphatic heterocycles. The van der Waals surface area contributed by atoms with Crippen molar-refractivity contribution < 1.29 is 4.52 Å². The Bertz CT molecular complexity index is 492. The van der Waals surface area contributed by atoms with Crippen molar-refractivity contribution >= 4 is 11.3 Å².